The predicted molar refractivity (Wildman–Crippen MR) is 237 cm³/mol. The van der Waals surface area contributed by atoms with Gasteiger partial charge < -0.3 is 39.7 Å². The third-order valence-electron chi connectivity index (χ3n) is 7.99. The number of hydrogen-bond donors (Lipinski definition) is 4. The summed E-state index contributed by atoms with van der Waals surface area (Å²) in [6.45, 7) is 18.5. The molecule has 15 heteroatoms. The smallest absolute Gasteiger partial charge is 0.292 e. The minimum Gasteiger partial charge on any atom is -0.471 e. The van der Waals surface area contributed by atoms with Crippen LogP contribution in [0.3, 0.4) is 0 Å². The molecule has 3 amide bonds. The van der Waals surface area contributed by atoms with E-state index in [-0.39, 0.29) is 24.3 Å². The average Bonchev–Trinajstić information content (AvgIpc) is 4.10. The number of H-pyrrole nitrogens is 2. The fourth-order valence-electron chi connectivity index (χ4n) is 5.46. The van der Waals surface area contributed by atoms with Crippen molar-refractivity contribution in [2.45, 2.75) is 87.0 Å². The number of benzene rings is 1. The number of carbonyl (C=O) groups excluding carboxylic acids is 4. The van der Waals surface area contributed by atoms with Crippen molar-refractivity contribution < 1.29 is 23.9 Å². The number of rotatable bonds is 8. The highest BCUT2D eigenvalue weighted by molar-refractivity contribution is 7.17. The number of aromatic amines is 2. The number of hydrogen-bond acceptors (Lipinski definition) is 9. The molecule has 7 rings (SSSR count). The first-order chi connectivity index (χ1) is 28.2. The van der Waals surface area contributed by atoms with Crippen LogP contribution in [0.2, 0.25) is 0 Å². The molecular formula is C43H67N9O5S. The van der Waals surface area contributed by atoms with Gasteiger partial charge in [0.15, 0.2) is 0 Å². The molecule has 0 unspecified atom stereocenters. The number of nitrogens with one attached hydrogen (secondary N) is 4. The second kappa shape index (κ2) is 30.8. The zero-order chi connectivity index (χ0) is 43.1. The molecule has 2 aliphatic heterocycles. The minimum atomic E-state index is -0.150. The Morgan fingerprint density at radius 2 is 1.29 bits per heavy atom. The lowest BCUT2D eigenvalue weighted by Crippen LogP contribution is -2.37. The average molecular weight is 822 g/mol. The molecule has 5 aromatic rings. The van der Waals surface area contributed by atoms with Crippen LogP contribution in [0.25, 0.3) is 38.4 Å². The van der Waals surface area contributed by atoms with Crippen LogP contribution in [0.15, 0.2) is 67.0 Å². The molecule has 2 aliphatic rings. The number of amides is 3. The van der Waals surface area contributed by atoms with Gasteiger partial charge in [-0.25, -0.2) is 9.97 Å². The fraction of sp³-hybridized carbons (Fsp3) is 0.488. The number of ether oxygens (including phenoxy) is 1. The van der Waals surface area contributed by atoms with Crippen LogP contribution in [-0.4, -0.2) is 112 Å². The summed E-state index contributed by atoms with van der Waals surface area (Å²) >= 11 is 1.74. The van der Waals surface area contributed by atoms with Gasteiger partial charge in [0.05, 0.1) is 56.6 Å². The van der Waals surface area contributed by atoms with Crippen molar-refractivity contribution in [2.24, 2.45) is 0 Å². The highest BCUT2D eigenvalue weighted by atomic mass is 32.1. The molecule has 0 spiro atoms. The van der Waals surface area contributed by atoms with Gasteiger partial charge in [-0.3, -0.25) is 19.2 Å². The van der Waals surface area contributed by atoms with Gasteiger partial charge in [-0.2, -0.15) is 0 Å². The maximum atomic E-state index is 11.3. The second-order valence-corrected chi connectivity index (χ2v) is 13.8. The first-order valence-electron chi connectivity index (χ1n) is 20.3. The topological polar surface area (TPSA) is 170 Å². The molecule has 14 nitrogen and oxygen atoms in total. The fourth-order valence-corrected chi connectivity index (χ4v) is 6.53. The summed E-state index contributed by atoms with van der Waals surface area (Å²) < 4.78 is 6.08. The van der Waals surface area contributed by atoms with Crippen LogP contribution in [0.5, 0.6) is 0 Å². The van der Waals surface area contributed by atoms with E-state index in [1.807, 2.05) is 31.1 Å². The molecule has 6 heterocycles. The molecule has 4 N–H and O–H groups in total. The first kappa shape index (κ1) is 50.7. The molecule has 320 valence electrons. The lowest BCUT2D eigenvalue weighted by molar-refractivity contribution is -0.131. The Balaban J connectivity index is 0.000000417. The Kier molecular flexibility index (Phi) is 26.9. The normalized spacial score (nSPS) is 12.2. The minimum absolute atomic E-state index is 0.0303. The summed E-state index contributed by atoms with van der Waals surface area (Å²) in [7, 11) is 3.11. The van der Waals surface area contributed by atoms with Crippen LogP contribution in [0, 0.1) is 0 Å². The van der Waals surface area contributed by atoms with Gasteiger partial charge in [0.2, 0.25) is 17.7 Å². The van der Waals surface area contributed by atoms with Crippen LogP contribution in [0.1, 0.15) is 87.0 Å². The van der Waals surface area contributed by atoms with Crippen LogP contribution >= 0.6 is 11.3 Å². The highest BCUT2D eigenvalue weighted by Gasteiger charge is 2.18. The molecule has 2 saturated heterocycles. The number of imidazole rings is 2. The Bertz CT molecular complexity index is 1790. The first-order valence-corrected chi connectivity index (χ1v) is 21.1. The zero-order valence-electron chi connectivity index (χ0n) is 36.1. The Morgan fingerprint density at radius 1 is 0.810 bits per heavy atom. The number of fused-ring (bicyclic) bond motifs is 1. The molecule has 2 fully saturated rings. The van der Waals surface area contributed by atoms with Crippen molar-refractivity contribution in [3.05, 3.63) is 67.0 Å². The lowest BCUT2D eigenvalue weighted by Gasteiger charge is -2.14. The summed E-state index contributed by atoms with van der Waals surface area (Å²) in [6.07, 6.45) is 16.2. The maximum absolute atomic E-state index is 11.3. The third-order valence-corrected chi connectivity index (χ3v) is 8.98. The van der Waals surface area contributed by atoms with E-state index >= 15 is 0 Å². The van der Waals surface area contributed by atoms with E-state index in [4.69, 9.17) is 4.79 Å². The molecule has 0 saturated carbocycles. The van der Waals surface area contributed by atoms with E-state index in [1.54, 1.807) is 35.9 Å². The summed E-state index contributed by atoms with van der Waals surface area (Å²) in [5.74, 6) is 0.116. The van der Waals surface area contributed by atoms with Gasteiger partial charge in [0, 0.05) is 61.3 Å². The van der Waals surface area contributed by atoms with Gasteiger partial charge in [-0.15, -0.1) is 11.3 Å². The molecule has 0 atom stereocenters. The standard InChI is InChI=1S/C18H13N5S.C8H14N2O2.C7H14N2O.2C3H8.C2H4O2.C2H6/c1-3-13(4-2-12(1)16-7-19-10-21-16)23-6-5-14-15(9-24-18(14)23)17-8-20-11-22-17;1-7(11)9-6-8(12)10-4-2-3-5-10;1-8-6-7(10)9-4-2-3-5-9;2*1-3-2;1-4-2-3;1-2/h1-11H,(H,19,21)(H,20,22);2-6H2,1H3,(H,9,11);8H,2-6H2,1H3;2*3H2,1-2H3;2H,1H3;1-2H3. The predicted octanol–water partition coefficient (Wildman–Crippen LogP) is 7.69. The Labute approximate surface area is 349 Å². The molecule has 58 heavy (non-hydrogen) atoms. The number of nitrogens with zero attached hydrogens (tertiary/aromatic N) is 5. The zero-order valence-corrected chi connectivity index (χ0v) is 36.9. The molecule has 4 aromatic heterocycles. The van der Waals surface area contributed by atoms with E-state index in [1.165, 1.54) is 55.5 Å². The summed E-state index contributed by atoms with van der Waals surface area (Å²) in [5, 5.41) is 8.76. The molecule has 1 aromatic carbocycles. The molecule has 0 radical (unpaired) electrons. The number of likely N-dealkylation sites (tertiary alicyclic amines) is 2. The number of methoxy groups -OCH3 is 1. The van der Waals surface area contributed by atoms with Gasteiger partial charge >= 0.3 is 0 Å². The number of aromatic nitrogens is 5. The second-order valence-electron chi connectivity index (χ2n) is 12.9. The third kappa shape index (κ3) is 17.9. The van der Waals surface area contributed by atoms with Crippen molar-refractivity contribution in [1.29, 1.82) is 0 Å². The lowest BCUT2D eigenvalue weighted by atomic mass is 10.1. The number of likely N-dealkylation sites (N-methyl/N-ethyl adjacent to an activating group) is 1. The maximum Gasteiger partial charge on any atom is 0.292 e. The summed E-state index contributed by atoms with van der Waals surface area (Å²) in [4.78, 5) is 61.2. The van der Waals surface area contributed by atoms with Crippen LogP contribution < -0.4 is 10.6 Å². The van der Waals surface area contributed by atoms with Gasteiger partial charge in [0.25, 0.3) is 6.47 Å². The Morgan fingerprint density at radius 3 is 1.72 bits per heavy atom. The van der Waals surface area contributed by atoms with Crippen molar-refractivity contribution in [1.82, 2.24) is 44.9 Å². The largest absolute Gasteiger partial charge is 0.471 e. The van der Waals surface area contributed by atoms with Crippen molar-refractivity contribution >= 4 is 45.7 Å². The molecular weight excluding hydrogens is 755 g/mol. The van der Waals surface area contributed by atoms with Crippen LogP contribution in [-0.2, 0) is 23.9 Å². The molecule has 0 bridgehead atoms. The van der Waals surface area contributed by atoms with Gasteiger partial charge in [-0.05, 0) is 56.5 Å². The van der Waals surface area contributed by atoms with Crippen molar-refractivity contribution in [3.8, 4) is 28.2 Å². The van der Waals surface area contributed by atoms with E-state index < -0.39 is 0 Å². The van der Waals surface area contributed by atoms with Crippen LogP contribution in [0.4, 0.5) is 0 Å². The summed E-state index contributed by atoms with van der Waals surface area (Å²) in [5.41, 5.74) is 5.54. The number of thiophene rings is 1. The van der Waals surface area contributed by atoms with E-state index in [9.17, 15) is 14.4 Å². The van der Waals surface area contributed by atoms with E-state index in [0.29, 0.717) is 13.0 Å². The number of carbonyl (C=O) groups is 4. The van der Waals surface area contributed by atoms with Crippen molar-refractivity contribution in [2.75, 3.05) is 53.4 Å². The molecule has 0 aliphatic carbocycles. The van der Waals surface area contributed by atoms with Gasteiger partial charge in [0.1, 0.15) is 4.83 Å². The summed E-state index contributed by atoms with van der Waals surface area (Å²) in [6, 6.07) is 10.6. The SMILES string of the molecule is CC.CC(=O)NCC(=O)N1CCCC1.CCC.CCC.CNCC(=O)N1CCCC1.COC=O.c1ncc(-c2ccc(-n3ccc4c(-c5cnc[nH]5)csc43)cc2)[nH]1. The Hall–Kier alpha value is -5.28. The van der Waals surface area contributed by atoms with E-state index in [0.717, 1.165) is 61.7 Å². The highest BCUT2D eigenvalue weighted by Crippen LogP contribution is 2.35. The van der Waals surface area contributed by atoms with Gasteiger partial charge in [-0.1, -0.05) is 66.5 Å². The monoisotopic (exact) mass is 821 g/mol. The van der Waals surface area contributed by atoms with Crippen molar-refractivity contribution in [3.63, 3.8) is 0 Å². The van der Waals surface area contributed by atoms with E-state index in [2.05, 4.69) is 109 Å². The quantitative estimate of drug-likeness (QED) is 0.116.